The van der Waals surface area contributed by atoms with E-state index in [-0.39, 0.29) is 18.1 Å². The van der Waals surface area contributed by atoms with Crippen LogP contribution in [0.1, 0.15) is 50.6 Å². The monoisotopic (exact) mass is 349 g/mol. The fraction of sp³-hybridized carbons (Fsp3) is 0.789. The van der Waals surface area contributed by atoms with Crippen molar-refractivity contribution >= 4 is 6.03 Å². The number of hydrogen-bond acceptors (Lipinski definition) is 3. The second-order valence-electron chi connectivity index (χ2n) is 7.96. The standard InChI is InChI=1S/C19H35N5O/c1-13(2)12-24-9-7-17(8-10-24)21-19(25)20-14(3)11-18-15(4)22-23(6)16(18)5/h13-14,17H,7-12H2,1-6H3,(H2,20,21,25)/t14-/m1/s1. The van der Waals surface area contributed by atoms with Crippen molar-refractivity contribution in [1.82, 2.24) is 25.3 Å². The largest absolute Gasteiger partial charge is 0.335 e. The Morgan fingerprint density at radius 2 is 1.88 bits per heavy atom. The quantitative estimate of drug-likeness (QED) is 0.829. The van der Waals surface area contributed by atoms with Crippen molar-refractivity contribution in [2.75, 3.05) is 19.6 Å². The molecule has 1 aliphatic rings. The number of nitrogens with zero attached hydrogens (tertiary/aromatic N) is 3. The van der Waals surface area contributed by atoms with E-state index in [2.05, 4.69) is 48.3 Å². The summed E-state index contributed by atoms with van der Waals surface area (Å²) in [5.41, 5.74) is 3.45. The van der Waals surface area contributed by atoms with Gasteiger partial charge in [0.15, 0.2) is 0 Å². The van der Waals surface area contributed by atoms with Crippen LogP contribution in [0.15, 0.2) is 0 Å². The second kappa shape index (κ2) is 8.70. The van der Waals surface area contributed by atoms with Gasteiger partial charge in [-0.15, -0.1) is 0 Å². The summed E-state index contributed by atoms with van der Waals surface area (Å²) in [5.74, 6) is 0.702. The average molecular weight is 350 g/mol. The maximum atomic E-state index is 12.3. The maximum Gasteiger partial charge on any atom is 0.315 e. The highest BCUT2D eigenvalue weighted by Gasteiger charge is 2.22. The maximum absolute atomic E-state index is 12.3. The molecule has 0 saturated carbocycles. The minimum absolute atomic E-state index is 0.0472. The molecule has 2 N–H and O–H groups in total. The number of likely N-dealkylation sites (tertiary alicyclic amines) is 1. The van der Waals surface area contributed by atoms with Crippen LogP contribution in [0.4, 0.5) is 4.79 Å². The van der Waals surface area contributed by atoms with Crippen LogP contribution in [0.25, 0.3) is 0 Å². The lowest BCUT2D eigenvalue weighted by molar-refractivity contribution is 0.177. The van der Waals surface area contributed by atoms with Crippen molar-refractivity contribution in [3.63, 3.8) is 0 Å². The van der Waals surface area contributed by atoms with Crippen LogP contribution in [0.2, 0.25) is 0 Å². The van der Waals surface area contributed by atoms with Crippen molar-refractivity contribution in [3.8, 4) is 0 Å². The molecule has 1 atom stereocenters. The van der Waals surface area contributed by atoms with Crippen LogP contribution in [-0.4, -0.2) is 52.4 Å². The van der Waals surface area contributed by atoms with E-state index in [0.29, 0.717) is 5.92 Å². The third-order valence-electron chi connectivity index (χ3n) is 5.09. The molecule has 0 aromatic carbocycles. The zero-order valence-electron chi connectivity index (χ0n) is 16.7. The molecule has 1 aromatic rings. The van der Waals surface area contributed by atoms with Gasteiger partial charge in [-0.3, -0.25) is 4.68 Å². The minimum Gasteiger partial charge on any atom is -0.335 e. The summed E-state index contributed by atoms with van der Waals surface area (Å²) >= 11 is 0. The van der Waals surface area contributed by atoms with Crippen LogP contribution in [0, 0.1) is 19.8 Å². The molecule has 142 valence electrons. The minimum atomic E-state index is -0.0472. The van der Waals surface area contributed by atoms with Crippen molar-refractivity contribution in [1.29, 1.82) is 0 Å². The molecule has 1 aromatic heterocycles. The number of aromatic nitrogens is 2. The van der Waals surface area contributed by atoms with Crippen LogP contribution in [0.5, 0.6) is 0 Å². The highest BCUT2D eigenvalue weighted by atomic mass is 16.2. The number of carbonyl (C=O) groups is 1. The number of rotatable bonds is 6. The fourth-order valence-corrected chi connectivity index (χ4v) is 3.70. The summed E-state index contributed by atoms with van der Waals surface area (Å²) in [7, 11) is 1.96. The Kier molecular flexibility index (Phi) is 6.87. The van der Waals surface area contributed by atoms with Crippen molar-refractivity contribution < 1.29 is 4.79 Å². The number of carbonyl (C=O) groups excluding carboxylic acids is 1. The predicted molar refractivity (Wildman–Crippen MR) is 102 cm³/mol. The third kappa shape index (κ3) is 5.73. The van der Waals surface area contributed by atoms with Crippen LogP contribution >= 0.6 is 0 Å². The summed E-state index contributed by atoms with van der Waals surface area (Å²) < 4.78 is 1.91. The Balaban J connectivity index is 1.75. The zero-order valence-corrected chi connectivity index (χ0v) is 16.7. The smallest absolute Gasteiger partial charge is 0.315 e. The topological polar surface area (TPSA) is 62.2 Å². The molecule has 6 nitrogen and oxygen atoms in total. The van der Waals surface area contributed by atoms with E-state index in [1.165, 1.54) is 11.3 Å². The summed E-state index contributed by atoms with van der Waals surface area (Å²) in [4.78, 5) is 14.8. The first kappa shape index (κ1) is 19.8. The molecule has 0 bridgehead atoms. The van der Waals surface area contributed by atoms with Gasteiger partial charge in [0.05, 0.1) is 5.69 Å². The number of amides is 2. The molecule has 0 aliphatic carbocycles. The van der Waals surface area contributed by atoms with E-state index in [9.17, 15) is 4.79 Å². The number of nitrogens with one attached hydrogen (secondary N) is 2. The van der Waals surface area contributed by atoms with E-state index < -0.39 is 0 Å². The molecular weight excluding hydrogens is 314 g/mol. The Morgan fingerprint density at radius 3 is 2.40 bits per heavy atom. The van der Waals surface area contributed by atoms with Gasteiger partial charge in [-0.2, -0.15) is 5.10 Å². The Bertz CT molecular complexity index is 573. The Morgan fingerprint density at radius 1 is 1.24 bits per heavy atom. The van der Waals surface area contributed by atoms with Gasteiger partial charge < -0.3 is 15.5 Å². The first-order chi connectivity index (χ1) is 11.8. The number of aryl methyl sites for hydroxylation is 2. The van der Waals surface area contributed by atoms with E-state index >= 15 is 0 Å². The SMILES string of the molecule is Cc1nn(C)c(C)c1C[C@@H](C)NC(=O)NC1CCN(CC(C)C)CC1. The van der Waals surface area contributed by atoms with Gasteiger partial charge in [-0.1, -0.05) is 13.8 Å². The molecule has 6 heteroatoms. The molecule has 0 spiro atoms. The van der Waals surface area contributed by atoms with E-state index in [4.69, 9.17) is 0 Å². The normalized spacial score (nSPS) is 17.7. The molecule has 1 fully saturated rings. The summed E-state index contributed by atoms with van der Waals surface area (Å²) in [6, 6.07) is 0.328. The molecular formula is C19H35N5O. The highest BCUT2D eigenvalue weighted by Crippen LogP contribution is 2.15. The first-order valence-corrected chi connectivity index (χ1v) is 9.54. The van der Waals surface area contributed by atoms with Crippen molar-refractivity contribution in [2.24, 2.45) is 13.0 Å². The van der Waals surface area contributed by atoms with E-state index in [1.54, 1.807) is 0 Å². The molecule has 1 aliphatic heterocycles. The number of hydrogen-bond donors (Lipinski definition) is 2. The molecule has 2 amide bonds. The highest BCUT2D eigenvalue weighted by molar-refractivity contribution is 5.74. The van der Waals surface area contributed by atoms with Gasteiger partial charge in [0, 0.05) is 44.5 Å². The summed E-state index contributed by atoms with van der Waals surface area (Å²) in [6.45, 7) is 14.0. The van der Waals surface area contributed by atoms with Gasteiger partial charge in [0.2, 0.25) is 0 Å². The van der Waals surface area contributed by atoms with Crippen LogP contribution < -0.4 is 10.6 Å². The van der Waals surface area contributed by atoms with Gasteiger partial charge >= 0.3 is 6.03 Å². The zero-order chi connectivity index (χ0) is 18.6. The number of urea groups is 1. The van der Waals surface area contributed by atoms with Crippen molar-refractivity contribution in [2.45, 2.75) is 66.0 Å². The van der Waals surface area contributed by atoms with Gasteiger partial charge in [-0.05, 0) is 51.5 Å². The van der Waals surface area contributed by atoms with Crippen LogP contribution in [0.3, 0.4) is 0 Å². The molecule has 25 heavy (non-hydrogen) atoms. The fourth-order valence-electron chi connectivity index (χ4n) is 3.70. The van der Waals surface area contributed by atoms with E-state index in [1.807, 2.05) is 18.7 Å². The lowest BCUT2D eigenvalue weighted by atomic mass is 10.0. The Hall–Kier alpha value is -1.56. The number of piperidine rings is 1. The van der Waals surface area contributed by atoms with Crippen molar-refractivity contribution in [3.05, 3.63) is 17.0 Å². The van der Waals surface area contributed by atoms with Crippen LogP contribution in [-0.2, 0) is 13.5 Å². The van der Waals surface area contributed by atoms with E-state index in [0.717, 1.165) is 44.6 Å². The summed E-state index contributed by atoms with van der Waals surface area (Å²) in [5, 5.41) is 10.7. The lowest BCUT2D eigenvalue weighted by Crippen LogP contribution is -2.50. The average Bonchev–Trinajstić information content (AvgIpc) is 2.75. The third-order valence-corrected chi connectivity index (χ3v) is 5.09. The Labute approximate surface area is 152 Å². The lowest BCUT2D eigenvalue weighted by Gasteiger charge is -2.33. The predicted octanol–water partition coefficient (Wildman–Crippen LogP) is 2.39. The first-order valence-electron chi connectivity index (χ1n) is 9.54. The second-order valence-corrected chi connectivity index (χ2v) is 7.96. The molecule has 2 heterocycles. The molecule has 1 saturated heterocycles. The molecule has 0 unspecified atom stereocenters. The van der Waals surface area contributed by atoms with Gasteiger partial charge in [0.1, 0.15) is 0 Å². The molecule has 0 radical (unpaired) electrons. The van der Waals surface area contributed by atoms with Gasteiger partial charge in [0.25, 0.3) is 0 Å². The van der Waals surface area contributed by atoms with Gasteiger partial charge in [-0.25, -0.2) is 4.79 Å². The summed E-state index contributed by atoms with van der Waals surface area (Å²) in [6.07, 6.45) is 2.89. The molecule has 2 rings (SSSR count).